The van der Waals surface area contributed by atoms with Gasteiger partial charge in [0.1, 0.15) is 5.41 Å². The number of nitrogens with two attached hydrogens (primary N) is 1. The first-order valence-corrected chi connectivity index (χ1v) is 6.52. The molecule has 0 aromatic carbocycles. The first kappa shape index (κ1) is 13.1. The van der Waals surface area contributed by atoms with E-state index in [1.165, 1.54) is 0 Å². The molecule has 102 valence electrons. The molecule has 1 saturated heterocycles. The molecule has 0 aromatic heterocycles. The third-order valence-electron chi connectivity index (χ3n) is 4.37. The Kier molecular flexibility index (Phi) is 3.75. The molecule has 1 amide bonds. The predicted molar refractivity (Wildman–Crippen MR) is 66.1 cm³/mol. The molecule has 1 heterocycles. The monoisotopic (exact) mass is 255 g/mol. The summed E-state index contributed by atoms with van der Waals surface area (Å²) in [5.74, 6) is 0.332. The molecule has 4 N–H and O–H groups in total. The Morgan fingerprint density at radius 3 is 2.39 bits per heavy atom. The van der Waals surface area contributed by atoms with E-state index in [2.05, 4.69) is 5.16 Å². The maximum absolute atomic E-state index is 12.5. The molecule has 18 heavy (non-hydrogen) atoms. The fraction of sp³-hybridized carbons (Fsp3) is 0.833. The molecule has 0 unspecified atom stereocenters. The summed E-state index contributed by atoms with van der Waals surface area (Å²) in [5.41, 5.74) is 4.92. The largest absolute Gasteiger partial charge is 0.409 e. The van der Waals surface area contributed by atoms with Crippen LogP contribution in [0.25, 0.3) is 0 Å². The molecule has 1 aliphatic heterocycles. The van der Waals surface area contributed by atoms with Crippen molar-refractivity contribution in [1.29, 1.82) is 0 Å². The lowest BCUT2D eigenvalue weighted by Gasteiger charge is -2.44. The molecule has 1 saturated carbocycles. The van der Waals surface area contributed by atoms with Gasteiger partial charge in [0.2, 0.25) is 5.91 Å². The van der Waals surface area contributed by atoms with Gasteiger partial charge in [-0.05, 0) is 31.6 Å². The van der Waals surface area contributed by atoms with E-state index in [-0.39, 0.29) is 18.3 Å². The molecule has 0 aromatic rings. The van der Waals surface area contributed by atoms with Crippen molar-refractivity contribution in [1.82, 2.24) is 4.90 Å². The van der Waals surface area contributed by atoms with Crippen molar-refractivity contribution in [3.8, 4) is 0 Å². The van der Waals surface area contributed by atoms with Gasteiger partial charge in [-0.1, -0.05) is 11.6 Å². The molecular formula is C12H21N3O3. The van der Waals surface area contributed by atoms with E-state index in [4.69, 9.17) is 16.0 Å². The van der Waals surface area contributed by atoms with Crippen LogP contribution >= 0.6 is 0 Å². The van der Waals surface area contributed by atoms with Gasteiger partial charge >= 0.3 is 0 Å². The highest BCUT2D eigenvalue weighted by Crippen LogP contribution is 2.43. The van der Waals surface area contributed by atoms with Crippen LogP contribution in [0.4, 0.5) is 0 Å². The topological polar surface area (TPSA) is 99.2 Å². The average molecular weight is 255 g/mol. The summed E-state index contributed by atoms with van der Waals surface area (Å²) < 4.78 is 0. The Morgan fingerprint density at radius 1 is 1.39 bits per heavy atom. The lowest BCUT2D eigenvalue weighted by atomic mass is 9.66. The summed E-state index contributed by atoms with van der Waals surface area (Å²) in [4.78, 5) is 14.3. The van der Waals surface area contributed by atoms with Crippen LogP contribution in [0.3, 0.4) is 0 Å². The fourth-order valence-corrected chi connectivity index (χ4v) is 2.83. The summed E-state index contributed by atoms with van der Waals surface area (Å²) in [5, 5.41) is 20.9. The molecule has 2 aliphatic rings. The van der Waals surface area contributed by atoms with Gasteiger partial charge in [-0.3, -0.25) is 4.79 Å². The number of hydrogen-bond acceptors (Lipinski definition) is 4. The highest BCUT2D eigenvalue weighted by atomic mass is 16.4. The molecule has 0 atom stereocenters. The van der Waals surface area contributed by atoms with Crippen LogP contribution in [-0.4, -0.2) is 46.7 Å². The Hall–Kier alpha value is -1.30. The molecule has 2 fully saturated rings. The number of amidine groups is 1. The third-order valence-corrected chi connectivity index (χ3v) is 4.37. The van der Waals surface area contributed by atoms with E-state index in [9.17, 15) is 4.79 Å². The van der Waals surface area contributed by atoms with E-state index in [0.29, 0.717) is 31.8 Å². The lowest BCUT2D eigenvalue weighted by molar-refractivity contribution is -0.143. The van der Waals surface area contributed by atoms with Gasteiger partial charge in [0, 0.05) is 19.7 Å². The quantitative estimate of drug-likeness (QED) is 0.289. The second kappa shape index (κ2) is 5.14. The van der Waals surface area contributed by atoms with Crippen LogP contribution in [0.2, 0.25) is 0 Å². The number of aliphatic hydroxyl groups excluding tert-OH is 1. The molecule has 0 spiro atoms. The van der Waals surface area contributed by atoms with Crippen LogP contribution in [0.15, 0.2) is 5.16 Å². The van der Waals surface area contributed by atoms with E-state index < -0.39 is 5.41 Å². The second-order valence-electron chi connectivity index (χ2n) is 5.34. The molecule has 0 bridgehead atoms. The zero-order chi connectivity index (χ0) is 13.2. The van der Waals surface area contributed by atoms with Crippen LogP contribution in [0.5, 0.6) is 0 Å². The number of hydrogen-bond donors (Lipinski definition) is 3. The highest BCUT2D eigenvalue weighted by Gasteiger charge is 2.50. The number of amides is 1. The molecule has 0 radical (unpaired) electrons. The summed E-state index contributed by atoms with van der Waals surface area (Å²) >= 11 is 0. The van der Waals surface area contributed by atoms with Gasteiger partial charge < -0.3 is 20.9 Å². The van der Waals surface area contributed by atoms with Crippen molar-refractivity contribution in [2.75, 3.05) is 19.7 Å². The van der Waals surface area contributed by atoms with Crippen LogP contribution in [0.1, 0.15) is 32.1 Å². The standard InChI is InChI=1S/C12H21N3O3/c13-10(14-18)12(4-1-5-12)11(17)15-6-2-9(8-16)3-7-15/h9,16,18H,1-8H2,(H2,13,14). The van der Waals surface area contributed by atoms with Gasteiger partial charge in [0.05, 0.1) is 0 Å². The van der Waals surface area contributed by atoms with Crippen molar-refractivity contribution in [3.05, 3.63) is 0 Å². The Labute approximate surface area is 106 Å². The first-order chi connectivity index (χ1) is 8.64. The van der Waals surface area contributed by atoms with Crippen molar-refractivity contribution in [2.24, 2.45) is 22.2 Å². The van der Waals surface area contributed by atoms with Crippen LogP contribution in [-0.2, 0) is 4.79 Å². The minimum atomic E-state index is -0.763. The van der Waals surface area contributed by atoms with E-state index >= 15 is 0 Å². The zero-order valence-corrected chi connectivity index (χ0v) is 10.5. The Bertz CT molecular complexity index is 344. The van der Waals surface area contributed by atoms with Crippen molar-refractivity contribution >= 4 is 11.7 Å². The summed E-state index contributed by atoms with van der Waals surface area (Å²) in [6.07, 6.45) is 3.93. The van der Waals surface area contributed by atoms with Gasteiger partial charge in [0.15, 0.2) is 5.84 Å². The summed E-state index contributed by atoms with van der Waals surface area (Å²) in [7, 11) is 0. The number of rotatable bonds is 3. The number of piperidine rings is 1. The van der Waals surface area contributed by atoms with Crippen molar-refractivity contribution in [3.63, 3.8) is 0 Å². The molecule has 6 nitrogen and oxygen atoms in total. The van der Waals surface area contributed by atoms with Gasteiger partial charge in [-0.2, -0.15) is 0 Å². The number of carbonyl (C=O) groups excluding carboxylic acids is 1. The summed E-state index contributed by atoms with van der Waals surface area (Å²) in [6.45, 7) is 1.50. The van der Waals surface area contributed by atoms with E-state index in [1.807, 2.05) is 0 Å². The second-order valence-corrected chi connectivity index (χ2v) is 5.34. The highest BCUT2D eigenvalue weighted by molar-refractivity contribution is 6.07. The average Bonchev–Trinajstić information content (AvgIpc) is 2.37. The third kappa shape index (κ3) is 2.05. The minimum Gasteiger partial charge on any atom is -0.409 e. The Morgan fingerprint density at radius 2 is 2.00 bits per heavy atom. The van der Waals surface area contributed by atoms with Gasteiger partial charge in [-0.15, -0.1) is 0 Å². The Balaban J connectivity index is 2.03. The number of aliphatic hydroxyl groups is 1. The van der Waals surface area contributed by atoms with E-state index in [0.717, 1.165) is 19.3 Å². The zero-order valence-electron chi connectivity index (χ0n) is 10.5. The van der Waals surface area contributed by atoms with Crippen LogP contribution in [0, 0.1) is 11.3 Å². The number of likely N-dealkylation sites (tertiary alicyclic amines) is 1. The SMILES string of the molecule is NC(=NO)C1(C(=O)N2CCC(CO)CC2)CCC1. The maximum atomic E-state index is 12.5. The van der Waals surface area contributed by atoms with E-state index in [1.54, 1.807) is 4.90 Å². The van der Waals surface area contributed by atoms with Gasteiger partial charge in [-0.25, -0.2) is 0 Å². The van der Waals surface area contributed by atoms with Crippen molar-refractivity contribution < 1.29 is 15.1 Å². The van der Waals surface area contributed by atoms with Gasteiger partial charge in [0.25, 0.3) is 0 Å². The molecule has 2 rings (SSSR count). The normalized spacial score (nSPS) is 24.7. The first-order valence-electron chi connectivity index (χ1n) is 6.52. The number of nitrogens with zero attached hydrogens (tertiary/aromatic N) is 2. The molecule has 1 aliphatic carbocycles. The minimum absolute atomic E-state index is 0.0135. The van der Waals surface area contributed by atoms with Crippen molar-refractivity contribution in [2.45, 2.75) is 32.1 Å². The maximum Gasteiger partial charge on any atom is 0.236 e. The predicted octanol–water partition coefficient (Wildman–Crippen LogP) is 0.134. The number of carbonyl (C=O) groups is 1. The molecular weight excluding hydrogens is 234 g/mol. The summed E-state index contributed by atoms with van der Waals surface area (Å²) in [6, 6.07) is 0. The fourth-order valence-electron chi connectivity index (χ4n) is 2.83. The smallest absolute Gasteiger partial charge is 0.236 e. The van der Waals surface area contributed by atoms with Crippen LogP contribution < -0.4 is 5.73 Å². The number of oxime groups is 1. The lowest BCUT2D eigenvalue weighted by Crippen LogP contribution is -2.56. The molecule has 6 heteroatoms.